The molecule has 2 rings (SSSR count). The maximum atomic E-state index is 12.3. The van der Waals surface area contributed by atoms with Gasteiger partial charge in [0.25, 0.3) is 5.91 Å². The van der Waals surface area contributed by atoms with Gasteiger partial charge in [0.1, 0.15) is 0 Å². The van der Waals surface area contributed by atoms with Crippen molar-refractivity contribution < 1.29 is 19.4 Å². The summed E-state index contributed by atoms with van der Waals surface area (Å²) in [4.78, 5) is 23.3. The van der Waals surface area contributed by atoms with Gasteiger partial charge in [-0.3, -0.25) is 4.79 Å². The van der Waals surface area contributed by atoms with E-state index in [-0.39, 0.29) is 29.2 Å². The zero-order valence-corrected chi connectivity index (χ0v) is 13.5. The fourth-order valence-electron chi connectivity index (χ4n) is 2.54. The van der Waals surface area contributed by atoms with Gasteiger partial charge < -0.3 is 15.2 Å². The second-order valence-electron chi connectivity index (χ2n) is 6.83. The first-order valence-electron chi connectivity index (χ1n) is 7.48. The van der Waals surface area contributed by atoms with Crippen LogP contribution in [0, 0.1) is 6.92 Å². The topological polar surface area (TPSA) is 75.6 Å². The Balaban J connectivity index is 1.94. The van der Waals surface area contributed by atoms with Gasteiger partial charge in [0.15, 0.2) is 0 Å². The van der Waals surface area contributed by atoms with Gasteiger partial charge in [0.05, 0.1) is 17.3 Å². The number of carbonyl (C=O) groups is 2. The number of rotatable bonds is 4. The van der Waals surface area contributed by atoms with E-state index in [1.54, 1.807) is 13.0 Å². The molecule has 2 N–H and O–H groups in total. The molecule has 120 valence electrons. The molecule has 0 radical (unpaired) electrons. The van der Waals surface area contributed by atoms with E-state index < -0.39 is 5.97 Å². The molecular formula is C17H23NO4. The van der Waals surface area contributed by atoms with Crippen molar-refractivity contribution in [1.82, 2.24) is 5.32 Å². The summed E-state index contributed by atoms with van der Waals surface area (Å²) in [7, 11) is 0. The van der Waals surface area contributed by atoms with Crippen LogP contribution >= 0.6 is 0 Å². The van der Waals surface area contributed by atoms with E-state index in [0.717, 1.165) is 18.4 Å². The van der Waals surface area contributed by atoms with E-state index in [4.69, 9.17) is 9.84 Å². The predicted molar refractivity (Wildman–Crippen MR) is 83.3 cm³/mol. The Kier molecular flexibility index (Phi) is 4.56. The van der Waals surface area contributed by atoms with Gasteiger partial charge in [-0.05, 0) is 58.2 Å². The molecule has 0 bridgehead atoms. The van der Waals surface area contributed by atoms with Gasteiger partial charge in [0.2, 0.25) is 0 Å². The highest BCUT2D eigenvalue weighted by Crippen LogP contribution is 2.28. The molecule has 1 aromatic carbocycles. The molecule has 0 aromatic heterocycles. The monoisotopic (exact) mass is 305 g/mol. The second kappa shape index (κ2) is 6.08. The number of aromatic carboxylic acids is 1. The molecule has 1 aliphatic carbocycles. The minimum absolute atomic E-state index is 0.0905. The molecule has 0 saturated heterocycles. The maximum Gasteiger partial charge on any atom is 0.335 e. The first kappa shape index (κ1) is 16.5. The second-order valence-corrected chi connectivity index (χ2v) is 6.83. The average molecular weight is 305 g/mol. The molecule has 22 heavy (non-hydrogen) atoms. The minimum atomic E-state index is -1.03. The predicted octanol–water partition coefficient (Wildman–Crippen LogP) is 2.77. The number of aryl methyl sites for hydroxylation is 1. The van der Waals surface area contributed by atoms with Gasteiger partial charge >= 0.3 is 5.97 Å². The lowest BCUT2D eigenvalue weighted by Crippen LogP contribution is -2.49. The molecular weight excluding hydrogens is 282 g/mol. The van der Waals surface area contributed by atoms with E-state index in [1.165, 1.54) is 12.1 Å². The van der Waals surface area contributed by atoms with Crippen LogP contribution in [0.3, 0.4) is 0 Å². The quantitative estimate of drug-likeness (QED) is 0.897. The van der Waals surface area contributed by atoms with Crippen LogP contribution in [0.4, 0.5) is 0 Å². The number of carboxylic acid groups (broad SMARTS) is 1. The van der Waals surface area contributed by atoms with Gasteiger partial charge in [-0.15, -0.1) is 0 Å². The van der Waals surface area contributed by atoms with Crippen molar-refractivity contribution in [2.75, 3.05) is 0 Å². The van der Waals surface area contributed by atoms with E-state index in [9.17, 15) is 9.59 Å². The van der Waals surface area contributed by atoms with Crippen LogP contribution in [0.1, 0.15) is 59.9 Å². The molecule has 0 spiro atoms. The van der Waals surface area contributed by atoms with Gasteiger partial charge in [-0.1, -0.05) is 6.07 Å². The molecule has 0 unspecified atom stereocenters. The molecule has 0 heterocycles. The zero-order valence-electron chi connectivity index (χ0n) is 13.5. The molecule has 5 nitrogen and oxygen atoms in total. The summed E-state index contributed by atoms with van der Waals surface area (Å²) in [6, 6.07) is 4.68. The van der Waals surface area contributed by atoms with Crippen molar-refractivity contribution in [3.05, 3.63) is 34.9 Å². The van der Waals surface area contributed by atoms with Crippen molar-refractivity contribution in [3.63, 3.8) is 0 Å². The lowest BCUT2D eigenvalue weighted by atomic mass is 9.88. The summed E-state index contributed by atoms with van der Waals surface area (Å²) in [6.45, 7) is 7.84. The van der Waals surface area contributed by atoms with Crippen LogP contribution in [0.2, 0.25) is 0 Å². The smallest absolute Gasteiger partial charge is 0.335 e. The number of ether oxygens (including phenoxy) is 1. The summed E-state index contributed by atoms with van der Waals surface area (Å²) < 4.78 is 5.84. The molecule has 0 atom stereocenters. The molecule has 1 amide bonds. The fourth-order valence-corrected chi connectivity index (χ4v) is 2.54. The van der Waals surface area contributed by atoms with Crippen LogP contribution in [-0.2, 0) is 4.74 Å². The highest BCUT2D eigenvalue weighted by atomic mass is 16.5. The summed E-state index contributed by atoms with van der Waals surface area (Å²) >= 11 is 0. The van der Waals surface area contributed by atoms with Crippen molar-refractivity contribution in [1.29, 1.82) is 0 Å². The SMILES string of the molecule is Cc1ccc(C(=O)O)cc1C(=O)NC1CC(OC(C)(C)C)C1. The number of hydrogen-bond acceptors (Lipinski definition) is 3. The Morgan fingerprint density at radius 2 is 1.91 bits per heavy atom. The van der Waals surface area contributed by atoms with E-state index in [2.05, 4.69) is 5.32 Å². The first-order valence-corrected chi connectivity index (χ1v) is 7.48. The van der Waals surface area contributed by atoms with Crippen LogP contribution in [0.25, 0.3) is 0 Å². The summed E-state index contributed by atoms with van der Waals surface area (Å²) in [6.07, 6.45) is 1.76. The standard InChI is InChI=1S/C17H23NO4/c1-10-5-6-11(16(20)21)7-14(10)15(19)18-12-8-13(9-12)22-17(2,3)4/h5-7,12-13H,8-9H2,1-4H3,(H,18,19)(H,20,21). The number of carboxylic acids is 1. The Labute approximate surface area is 130 Å². The molecule has 1 saturated carbocycles. The largest absolute Gasteiger partial charge is 0.478 e. The van der Waals surface area contributed by atoms with Crippen LogP contribution in [0.5, 0.6) is 0 Å². The highest BCUT2D eigenvalue weighted by Gasteiger charge is 2.34. The number of amides is 1. The van der Waals surface area contributed by atoms with Gasteiger partial charge in [0, 0.05) is 11.6 Å². The van der Waals surface area contributed by atoms with Gasteiger partial charge in [-0.25, -0.2) is 4.79 Å². The third-order valence-corrected chi connectivity index (χ3v) is 3.68. The molecule has 1 aliphatic rings. The lowest BCUT2D eigenvalue weighted by Gasteiger charge is -2.39. The zero-order chi connectivity index (χ0) is 16.5. The van der Waals surface area contributed by atoms with E-state index in [1.807, 2.05) is 20.8 Å². The first-order chi connectivity index (χ1) is 10.2. The fraction of sp³-hybridized carbons (Fsp3) is 0.529. The Morgan fingerprint density at radius 3 is 2.45 bits per heavy atom. The number of benzene rings is 1. The van der Waals surface area contributed by atoms with Crippen molar-refractivity contribution in [3.8, 4) is 0 Å². The normalized spacial score (nSPS) is 21.1. The average Bonchev–Trinajstić information content (AvgIpc) is 2.34. The van der Waals surface area contributed by atoms with Crippen molar-refractivity contribution in [2.24, 2.45) is 0 Å². The number of hydrogen-bond donors (Lipinski definition) is 2. The summed E-state index contributed by atoms with van der Waals surface area (Å²) in [5, 5.41) is 12.0. The maximum absolute atomic E-state index is 12.3. The minimum Gasteiger partial charge on any atom is -0.478 e. The molecule has 5 heteroatoms. The van der Waals surface area contributed by atoms with Crippen LogP contribution in [-0.4, -0.2) is 34.7 Å². The molecule has 0 aliphatic heterocycles. The van der Waals surface area contributed by atoms with E-state index in [0.29, 0.717) is 5.56 Å². The van der Waals surface area contributed by atoms with E-state index >= 15 is 0 Å². The Hall–Kier alpha value is -1.88. The number of nitrogens with one attached hydrogen (secondary N) is 1. The highest BCUT2D eigenvalue weighted by molar-refractivity contribution is 5.98. The molecule has 1 aromatic rings. The third-order valence-electron chi connectivity index (χ3n) is 3.68. The Bertz CT molecular complexity index is 583. The van der Waals surface area contributed by atoms with Crippen molar-refractivity contribution >= 4 is 11.9 Å². The van der Waals surface area contributed by atoms with Crippen LogP contribution < -0.4 is 5.32 Å². The van der Waals surface area contributed by atoms with Crippen LogP contribution in [0.15, 0.2) is 18.2 Å². The van der Waals surface area contributed by atoms with Gasteiger partial charge in [-0.2, -0.15) is 0 Å². The lowest BCUT2D eigenvalue weighted by molar-refractivity contribution is -0.101. The summed E-state index contributed by atoms with van der Waals surface area (Å²) in [5.74, 6) is -1.25. The third kappa shape index (κ3) is 4.07. The summed E-state index contributed by atoms with van der Waals surface area (Å²) in [5.41, 5.74) is 1.13. The molecule has 1 fully saturated rings. The number of carbonyl (C=O) groups excluding carboxylic acids is 1. The van der Waals surface area contributed by atoms with Crippen molar-refractivity contribution in [2.45, 2.75) is 58.3 Å². The Morgan fingerprint density at radius 1 is 1.27 bits per heavy atom.